The lowest BCUT2D eigenvalue weighted by Gasteiger charge is -2.10. The van der Waals surface area contributed by atoms with Crippen LogP contribution in [0.15, 0.2) is 60.7 Å². The van der Waals surface area contributed by atoms with Gasteiger partial charge < -0.3 is 10.2 Å². The second-order valence-electron chi connectivity index (χ2n) is 5.25. The molecule has 110 valence electrons. The average molecular weight is 292 g/mol. The molecule has 2 N–H and O–H groups in total. The minimum absolute atomic E-state index is 0.256. The van der Waals surface area contributed by atoms with E-state index in [4.69, 9.17) is 0 Å². The van der Waals surface area contributed by atoms with Crippen molar-refractivity contribution >= 4 is 16.7 Å². The van der Waals surface area contributed by atoms with E-state index < -0.39 is 5.97 Å². The van der Waals surface area contributed by atoms with Gasteiger partial charge in [0.15, 0.2) is 0 Å². The Morgan fingerprint density at radius 2 is 1.59 bits per heavy atom. The van der Waals surface area contributed by atoms with Crippen molar-refractivity contribution in [1.29, 1.82) is 0 Å². The van der Waals surface area contributed by atoms with E-state index in [0.717, 1.165) is 21.9 Å². The molecule has 0 fully saturated rings. The molecule has 0 bridgehead atoms. The van der Waals surface area contributed by atoms with Gasteiger partial charge in [0.25, 0.3) is 0 Å². The largest absolute Gasteiger partial charge is 0.508 e. The van der Waals surface area contributed by atoms with E-state index in [0.29, 0.717) is 18.4 Å². The van der Waals surface area contributed by atoms with Gasteiger partial charge >= 0.3 is 5.97 Å². The van der Waals surface area contributed by atoms with Gasteiger partial charge in [0, 0.05) is 5.56 Å². The number of aromatic carboxylic acids is 1. The molecular weight excluding hydrogens is 276 g/mol. The first-order chi connectivity index (χ1) is 10.7. The third-order valence-corrected chi connectivity index (χ3v) is 3.91. The summed E-state index contributed by atoms with van der Waals surface area (Å²) in [6.45, 7) is 0. The second kappa shape index (κ2) is 5.90. The molecule has 0 aliphatic heterocycles. The van der Waals surface area contributed by atoms with Crippen molar-refractivity contribution in [2.24, 2.45) is 0 Å². The third-order valence-electron chi connectivity index (χ3n) is 3.91. The first-order valence-corrected chi connectivity index (χ1v) is 7.17. The standard InChI is InChI=1S/C19H16O3/c20-18-12-10-13-5-1-3-7-15(13)17(18)11-9-14-6-2-4-8-16(14)19(21)22/h1-8,10,12,20H,9,11H2,(H,21,22). The summed E-state index contributed by atoms with van der Waals surface area (Å²) in [5.74, 6) is -0.663. The molecule has 0 atom stereocenters. The molecule has 0 aromatic heterocycles. The van der Waals surface area contributed by atoms with Crippen LogP contribution in [0.3, 0.4) is 0 Å². The summed E-state index contributed by atoms with van der Waals surface area (Å²) in [6, 6.07) is 18.5. The molecule has 3 heteroatoms. The lowest BCUT2D eigenvalue weighted by Crippen LogP contribution is -2.03. The van der Waals surface area contributed by atoms with E-state index in [1.54, 1.807) is 18.2 Å². The van der Waals surface area contributed by atoms with Gasteiger partial charge in [0.05, 0.1) is 5.56 Å². The van der Waals surface area contributed by atoms with Crippen molar-refractivity contribution in [3.8, 4) is 5.75 Å². The molecule has 3 nitrogen and oxygen atoms in total. The van der Waals surface area contributed by atoms with E-state index in [1.165, 1.54) is 0 Å². The molecular formula is C19H16O3. The molecule has 0 aliphatic rings. The van der Waals surface area contributed by atoms with Gasteiger partial charge in [-0.3, -0.25) is 0 Å². The highest BCUT2D eigenvalue weighted by Crippen LogP contribution is 2.28. The number of rotatable bonds is 4. The van der Waals surface area contributed by atoms with Crippen LogP contribution in [-0.4, -0.2) is 16.2 Å². The fourth-order valence-corrected chi connectivity index (χ4v) is 2.79. The second-order valence-corrected chi connectivity index (χ2v) is 5.25. The van der Waals surface area contributed by atoms with Gasteiger partial charge in [-0.15, -0.1) is 0 Å². The normalized spacial score (nSPS) is 10.7. The van der Waals surface area contributed by atoms with Crippen LogP contribution >= 0.6 is 0 Å². The summed E-state index contributed by atoms with van der Waals surface area (Å²) < 4.78 is 0. The van der Waals surface area contributed by atoms with Crippen molar-refractivity contribution in [2.75, 3.05) is 0 Å². The first-order valence-electron chi connectivity index (χ1n) is 7.17. The van der Waals surface area contributed by atoms with Crippen LogP contribution in [0.4, 0.5) is 0 Å². The number of benzene rings is 3. The summed E-state index contributed by atoms with van der Waals surface area (Å²) in [7, 11) is 0. The summed E-state index contributed by atoms with van der Waals surface area (Å²) in [6.07, 6.45) is 1.17. The highest BCUT2D eigenvalue weighted by Gasteiger charge is 2.11. The Labute approximate surface area is 128 Å². The molecule has 0 aliphatic carbocycles. The van der Waals surface area contributed by atoms with E-state index in [2.05, 4.69) is 0 Å². The molecule has 3 aromatic rings. The zero-order chi connectivity index (χ0) is 15.5. The Kier molecular flexibility index (Phi) is 3.79. The molecule has 0 saturated carbocycles. The van der Waals surface area contributed by atoms with Crippen molar-refractivity contribution < 1.29 is 15.0 Å². The zero-order valence-electron chi connectivity index (χ0n) is 12.0. The van der Waals surface area contributed by atoms with Crippen LogP contribution in [0.25, 0.3) is 10.8 Å². The molecule has 0 saturated heterocycles. The molecule has 22 heavy (non-hydrogen) atoms. The predicted molar refractivity (Wildman–Crippen MR) is 86.4 cm³/mol. The smallest absolute Gasteiger partial charge is 0.335 e. The third kappa shape index (κ3) is 2.66. The number of phenolic OH excluding ortho intramolecular Hbond substituents is 1. The van der Waals surface area contributed by atoms with E-state index >= 15 is 0 Å². The lowest BCUT2D eigenvalue weighted by atomic mass is 9.95. The van der Waals surface area contributed by atoms with Crippen LogP contribution < -0.4 is 0 Å². The van der Waals surface area contributed by atoms with Crippen LogP contribution in [0.5, 0.6) is 5.75 Å². The van der Waals surface area contributed by atoms with E-state index in [1.807, 2.05) is 42.5 Å². The quantitative estimate of drug-likeness (QED) is 0.763. The maximum Gasteiger partial charge on any atom is 0.335 e. The monoisotopic (exact) mass is 292 g/mol. The molecule has 0 unspecified atom stereocenters. The van der Waals surface area contributed by atoms with Crippen LogP contribution in [0.2, 0.25) is 0 Å². The maximum atomic E-state index is 11.3. The van der Waals surface area contributed by atoms with E-state index in [-0.39, 0.29) is 5.75 Å². The minimum Gasteiger partial charge on any atom is -0.508 e. The maximum absolute atomic E-state index is 11.3. The van der Waals surface area contributed by atoms with Gasteiger partial charge in [-0.25, -0.2) is 4.79 Å². The van der Waals surface area contributed by atoms with Gasteiger partial charge in [0.2, 0.25) is 0 Å². The first kappa shape index (κ1) is 14.1. The number of carboxylic acid groups (broad SMARTS) is 1. The number of hydrogen-bond donors (Lipinski definition) is 2. The number of hydrogen-bond acceptors (Lipinski definition) is 2. The van der Waals surface area contributed by atoms with Crippen molar-refractivity contribution in [3.63, 3.8) is 0 Å². The highest BCUT2D eigenvalue weighted by atomic mass is 16.4. The summed E-state index contributed by atoms with van der Waals surface area (Å²) >= 11 is 0. The van der Waals surface area contributed by atoms with Gasteiger partial charge in [0.1, 0.15) is 5.75 Å². The van der Waals surface area contributed by atoms with Crippen LogP contribution in [0.1, 0.15) is 21.5 Å². The Bertz CT molecular complexity index is 837. The summed E-state index contributed by atoms with van der Waals surface area (Å²) in [5.41, 5.74) is 1.96. The lowest BCUT2D eigenvalue weighted by molar-refractivity contribution is 0.0695. The summed E-state index contributed by atoms with van der Waals surface area (Å²) in [5, 5.41) is 21.5. The Hall–Kier alpha value is -2.81. The van der Waals surface area contributed by atoms with Gasteiger partial charge in [-0.2, -0.15) is 0 Å². The number of aromatic hydroxyl groups is 1. The summed E-state index contributed by atoms with van der Waals surface area (Å²) in [4.78, 5) is 11.3. The number of carbonyl (C=O) groups is 1. The SMILES string of the molecule is O=C(O)c1ccccc1CCc1c(O)ccc2ccccc12. The van der Waals surface area contributed by atoms with Crippen LogP contribution in [-0.2, 0) is 12.8 Å². The van der Waals surface area contributed by atoms with Crippen molar-refractivity contribution in [3.05, 3.63) is 77.4 Å². The number of aryl methyl sites for hydroxylation is 2. The highest BCUT2D eigenvalue weighted by molar-refractivity contribution is 5.90. The predicted octanol–water partition coefficient (Wildman–Crippen LogP) is 4.03. The molecule has 0 heterocycles. The molecule has 3 aromatic carbocycles. The van der Waals surface area contributed by atoms with Gasteiger partial charge in [-0.05, 0) is 41.3 Å². The van der Waals surface area contributed by atoms with Gasteiger partial charge in [-0.1, -0.05) is 48.5 Å². The Balaban J connectivity index is 1.95. The molecule has 3 rings (SSSR count). The Morgan fingerprint density at radius 3 is 2.41 bits per heavy atom. The number of fused-ring (bicyclic) bond motifs is 1. The van der Waals surface area contributed by atoms with Crippen LogP contribution in [0, 0.1) is 0 Å². The molecule has 0 spiro atoms. The average Bonchev–Trinajstić information content (AvgIpc) is 2.54. The number of phenols is 1. The zero-order valence-corrected chi connectivity index (χ0v) is 12.0. The van der Waals surface area contributed by atoms with Crippen molar-refractivity contribution in [1.82, 2.24) is 0 Å². The Morgan fingerprint density at radius 1 is 0.864 bits per heavy atom. The molecule has 0 radical (unpaired) electrons. The topological polar surface area (TPSA) is 57.5 Å². The van der Waals surface area contributed by atoms with E-state index in [9.17, 15) is 15.0 Å². The fraction of sp³-hybridized carbons (Fsp3) is 0.105. The number of carboxylic acids is 1. The van der Waals surface area contributed by atoms with Crippen molar-refractivity contribution in [2.45, 2.75) is 12.8 Å². The molecule has 0 amide bonds. The fourth-order valence-electron chi connectivity index (χ4n) is 2.79. The minimum atomic E-state index is -0.919.